The Balaban J connectivity index is 2.06. The monoisotopic (exact) mass is 245 g/mol. The molecule has 0 saturated carbocycles. The topological polar surface area (TPSA) is 68.0 Å². The van der Waals surface area contributed by atoms with Gasteiger partial charge in [-0.1, -0.05) is 5.16 Å². The summed E-state index contributed by atoms with van der Waals surface area (Å²) in [6.07, 6.45) is 1.91. The Morgan fingerprint density at radius 2 is 2.17 bits per heavy atom. The second kappa shape index (κ2) is 5.00. The molecule has 0 aliphatic carbocycles. The van der Waals surface area contributed by atoms with Gasteiger partial charge in [0.25, 0.3) is 0 Å². The third-order valence-corrected chi connectivity index (χ3v) is 2.70. The third kappa shape index (κ3) is 2.74. The number of nitrogens with one attached hydrogen (secondary N) is 1. The molecule has 0 saturated heterocycles. The molecule has 0 bridgehead atoms. The Labute approximate surface area is 105 Å². The van der Waals surface area contributed by atoms with Crippen molar-refractivity contribution in [2.45, 2.75) is 27.2 Å². The summed E-state index contributed by atoms with van der Waals surface area (Å²) in [6.45, 7) is 5.57. The molecule has 2 heterocycles. The van der Waals surface area contributed by atoms with E-state index in [9.17, 15) is 4.79 Å². The van der Waals surface area contributed by atoms with E-state index in [-0.39, 0.29) is 12.3 Å². The average Bonchev–Trinajstić information content (AvgIpc) is 2.61. The first-order chi connectivity index (χ1) is 8.56. The van der Waals surface area contributed by atoms with Crippen LogP contribution in [-0.4, -0.2) is 16.0 Å². The molecule has 2 aromatic rings. The van der Waals surface area contributed by atoms with Crippen molar-refractivity contribution in [3.63, 3.8) is 0 Å². The number of aromatic nitrogens is 2. The number of amides is 1. The number of carbonyl (C=O) groups excluding carboxylic acids is 1. The molecule has 0 aliphatic rings. The van der Waals surface area contributed by atoms with Crippen molar-refractivity contribution in [1.29, 1.82) is 0 Å². The molecule has 0 spiro atoms. The van der Waals surface area contributed by atoms with E-state index in [0.29, 0.717) is 11.6 Å². The predicted molar refractivity (Wildman–Crippen MR) is 67.3 cm³/mol. The average molecular weight is 245 g/mol. The maximum Gasteiger partial charge on any atom is 0.230 e. The Kier molecular flexibility index (Phi) is 3.41. The van der Waals surface area contributed by atoms with Crippen molar-refractivity contribution in [3.8, 4) is 0 Å². The first-order valence-electron chi connectivity index (χ1n) is 5.70. The first kappa shape index (κ1) is 12.3. The second-order valence-electron chi connectivity index (χ2n) is 4.25. The molecule has 5 nitrogen and oxygen atoms in total. The van der Waals surface area contributed by atoms with E-state index in [4.69, 9.17) is 4.52 Å². The van der Waals surface area contributed by atoms with Crippen LogP contribution >= 0.6 is 0 Å². The molecule has 2 rings (SSSR count). The van der Waals surface area contributed by atoms with E-state index in [2.05, 4.69) is 15.5 Å². The maximum absolute atomic E-state index is 11.9. The van der Waals surface area contributed by atoms with Crippen molar-refractivity contribution >= 4 is 11.7 Å². The highest BCUT2D eigenvalue weighted by atomic mass is 16.5. The van der Waals surface area contributed by atoms with Gasteiger partial charge in [0.2, 0.25) is 5.91 Å². The Morgan fingerprint density at radius 3 is 2.78 bits per heavy atom. The van der Waals surface area contributed by atoms with Gasteiger partial charge in [-0.05, 0) is 38.5 Å². The van der Waals surface area contributed by atoms with Crippen LogP contribution in [0.3, 0.4) is 0 Å². The lowest BCUT2D eigenvalue weighted by molar-refractivity contribution is -0.115. The molecular formula is C13H15N3O2. The van der Waals surface area contributed by atoms with Crippen LogP contribution in [0.15, 0.2) is 22.9 Å². The summed E-state index contributed by atoms with van der Waals surface area (Å²) in [7, 11) is 0. The van der Waals surface area contributed by atoms with Gasteiger partial charge in [0.1, 0.15) is 11.6 Å². The van der Waals surface area contributed by atoms with E-state index in [1.165, 1.54) is 0 Å². The van der Waals surface area contributed by atoms with Gasteiger partial charge in [-0.2, -0.15) is 0 Å². The molecule has 0 aliphatic heterocycles. The summed E-state index contributed by atoms with van der Waals surface area (Å²) in [5, 5.41) is 6.58. The smallest absolute Gasteiger partial charge is 0.230 e. The SMILES string of the molecule is Cc1ccnc(NC(=O)Cc2c(C)noc2C)c1. The quantitative estimate of drug-likeness (QED) is 0.899. The van der Waals surface area contributed by atoms with Crippen LogP contribution < -0.4 is 5.32 Å². The Hall–Kier alpha value is -2.17. The van der Waals surface area contributed by atoms with Crippen LogP contribution in [0, 0.1) is 20.8 Å². The predicted octanol–water partition coefficient (Wildman–Crippen LogP) is 2.18. The standard InChI is InChI=1S/C13H15N3O2/c1-8-4-5-14-12(6-8)15-13(17)7-11-9(2)16-18-10(11)3/h4-6H,7H2,1-3H3,(H,14,15,17). The maximum atomic E-state index is 11.9. The summed E-state index contributed by atoms with van der Waals surface area (Å²) < 4.78 is 5.02. The van der Waals surface area contributed by atoms with Gasteiger partial charge < -0.3 is 9.84 Å². The second-order valence-corrected chi connectivity index (χ2v) is 4.25. The molecule has 94 valence electrons. The first-order valence-corrected chi connectivity index (χ1v) is 5.70. The van der Waals surface area contributed by atoms with Crippen molar-refractivity contribution in [2.75, 3.05) is 5.32 Å². The number of rotatable bonds is 3. The minimum atomic E-state index is -0.123. The lowest BCUT2D eigenvalue weighted by Gasteiger charge is -2.04. The van der Waals surface area contributed by atoms with Crippen LogP contribution in [0.5, 0.6) is 0 Å². The molecule has 1 amide bonds. The summed E-state index contributed by atoms with van der Waals surface area (Å²) in [6, 6.07) is 3.70. The number of pyridine rings is 1. The van der Waals surface area contributed by atoms with Gasteiger partial charge in [-0.25, -0.2) is 4.98 Å². The van der Waals surface area contributed by atoms with E-state index in [1.54, 1.807) is 13.1 Å². The molecule has 2 aromatic heterocycles. The summed E-state index contributed by atoms with van der Waals surface area (Å²) >= 11 is 0. The van der Waals surface area contributed by atoms with Crippen molar-refractivity contribution < 1.29 is 9.32 Å². The molecule has 18 heavy (non-hydrogen) atoms. The van der Waals surface area contributed by atoms with E-state index in [1.807, 2.05) is 26.0 Å². The van der Waals surface area contributed by atoms with E-state index in [0.717, 1.165) is 16.8 Å². The van der Waals surface area contributed by atoms with Crippen molar-refractivity contribution in [1.82, 2.24) is 10.1 Å². The van der Waals surface area contributed by atoms with Crippen LogP contribution in [0.1, 0.15) is 22.6 Å². The highest BCUT2D eigenvalue weighted by Crippen LogP contribution is 2.14. The molecule has 5 heteroatoms. The van der Waals surface area contributed by atoms with Gasteiger partial charge in [0.05, 0.1) is 12.1 Å². The van der Waals surface area contributed by atoms with Gasteiger partial charge in [-0.3, -0.25) is 4.79 Å². The number of carbonyl (C=O) groups is 1. The molecule has 0 aromatic carbocycles. The molecule has 0 fully saturated rings. The van der Waals surface area contributed by atoms with E-state index < -0.39 is 0 Å². The summed E-state index contributed by atoms with van der Waals surface area (Å²) in [5.41, 5.74) is 2.64. The zero-order chi connectivity index (χ0) is 13.1. The Morgan fingerprint density at radius 1 is 1.39 bits per heavy atom. The van der Waals surface area contributed by atoms with Crippen LogP contribution in [0.2, 0.25) is 0 Å². The summed E-state index contributed by atoms with van der Waals surface area (Å²) in [5.74, 6) is 1.12. The number of nitrogens with zero attached hydrogens (tertiary/aromatic N) is 2. The van der Waals surface area contributed by atoms with Crippen LogP contribution in [0.25, 0.3) is 0 Å². The molecule has 0 unspecified atom stereocenters. The largest absolute Gasteiger partial charge is 0.361 e. The van der Waals surface area contributed by atoms with E-state index >= 15 is 0 Å². The molecule has 0 atom stereocenters. The summed E-state index contributed by atoms with van der Waals surface area (Å²) in [4.78, 5) is 16.0. The van der Waals surface area contributed by atoms with Gasteiger partial charge >= 0.3 is 0 Å². The third-order valence-electron chi connectivity index (χ3n) is 2.70. The lowest BCUT2D eigenvalue weighted by atomic mass is 10.1. The van der Waals surface area contributed by atoms with Crippen molar-refractivity contribution in [2.24, 2.45) is 0 Å². The minimum Gasteiger partial charge on any atom is -0.361 e. The number of hydrogen-bond acceptors (Lipinski definition) is 4. The fourth-order valence-corrected chi connectivity index (χ4v) is 1.71. The minimum absolute atomic E-state index is 0.123. The number of aryl methyl sites for hydroxylation is 3. The van der Waals surface area contributed by atoms with Gasteiger partial charge in [-0.15, -0.1) is 0 Å². The normalized spacial score (nSPS) is 10.4. The highest BCUT2D eigenvalue weighted by Gasteiger charge is 2.13. The fourth-order valence-electron chi connectivity index (χ4n) is 1.71. The zero-order valence-corrected chi connectivity index (χ0v) is 10.7. The molecular weight excluding hydrogens is 230 g/mol. The molecule has 0 radical (unpaired) electrons. The fraction of sp³-hybridized carbons (Fsp3) is 0.308. The number of hydrogen-bond donors (Lipinski definition) is 1. The molecule has 1 N–H and O–H groups in total. The van der Waals surface area contributed by atoms with Gasteiger partial charge in [0.15, 0.2) is 0 Å². The van der Waals surface area contributed by atoms with Crippen LogP contribution in [-0.2, 0) is 11.2 Å². The lowest BCUT2D eigenvalue weighted by Crippen LogP contribution is -2.16. The van der Waals surface area contributed by atoms with Crippen molar-refractivity contribution in [3.05, 3.63) is 40.9 Å². The highest BCUT2D eigenvalue weighted by molar-refractivity contribution is 5.91. The number of anilines is 1. The van der Waals surface area contributed by atoms with Crippen LogP contribution in [0.4, 0.5) is 5.82 Å². The van der Waals surface area contributed by atoms with Gasteiger partial charge in [0, 0.05) is 11.8 Å². The zero-order valence-electron chi connectivity index (χ0n) is 10.7. The Bertz CT molecular complexity index is 556.